The first-order chi connectivity index (χ1) is 7.23. The molecule has 5 nitrogen and oxygen atoms in total. The van der Waals surface area contributed by atoms with Crippen molar-refractivity contribution in [2.75, 3.05) is 6.61 Å². The molecule has 1 aromatic rings. The summed E-state index contributed by atoms with van der Waals surface area (Å²) in [4.78, 5) is 11.7. The molecule has 0 N–H and O–H groups in total. The van der Waals surface area contributed by atoms with Crippen LogP contribution in [-0.2, 0) is 21.4 Å². The highest BCUT2D eigenvalue weighted by Gasteiger charge is 2.57. The van der Waals surface area contributed by atoms with Crippen molar-refractivity contribution >= 4 is 5.97 Å². The molecule has 0 aliphatic heterocycles. The topological polar surface area (TPSA) is 65.2 Å². The molecule has 0 unspecified atom stereocenters. The van der Waals surface area contributed by atoms with Gasteiger partial charge in [-0.25, -0.2) is 0 Å². The van der Waals surface area contributed by atoms with Gasteiger partial charge in [-0.15, -0.1) is 10.2 Å². The van der Waals surface area contributed by atoms with Crippen molar-refractivity contribution in [2.45, 2.75) is 38.5 Å². The summed E-state index contributed by atoms with van der Waals surface area (Å²) < 4.78 is 10.4. The zero-order chi connectivity index (χ0) is 10.9. The van der Waals surface area contributed by atoms with Crippen LogP contribution in [0.2, 0.25) is 0 Å². The molecule has 0 bridgehead atoms. The van der Waals surface area contributed by atoms with Crippen molar-refractivity contribution in [3.8, 4) is 0 Å². The van der Waals surface area contributed by atoms with Gasteiger partial charge in [0.1, 0.15) is 5.41 Å². The molecule has 0 atom stereocenters. The fraction of sp³-hybridized carbons (Fsp3) is 0.700. The number of rotatable bonds is 4. The van der Waals surface area contributed by atoms with Gasteiger partial charge in [0.15, 0.2) is 0 Å². The molecule has 0 radical (unpaired) electrons. The second kappa shape index (κ2) is 3.64. The van der Waals surface area contributed by atoms with Gasteiger partial charge in [-0.3, -0.25) is 4.79 Å². The van der Waals surface area contributed by atoms with Gasteiger partial charge in [-0.1, -0.05) is 6.92 Å². The van der Waals surface area contributed by atoms with E-state index < -0.39 is 5.41 Å². The zero-order valence-corrected chi connectivity index (χ0v) is 8.95. The smallest absolute Gasteiger partial charge is 0.321 e. The first-order valence-corrected chi connectivity index (χ1v) is 5.23. The Bertz CT molecular complexity index is 368. The highest BCUT2D eigenvalue weighted by molar-refractivity contribution is 5.85. The van der Waals surface area contributed by atoms with E-state index in [1.807, 2.05) is 6.92 Å². The lowest BCUT2D eigenvalue weighted by atomic mass is 10.1. The van der Waals surface area contributed by atoms with Gasteiger partial charge in [-0.05, 0) is 19.8 Å². The number of nitrogens with zero attached hydrogens (tertiary/aromatic N) is 2. The SMILES string of the molecule is CCOC(=O)C1(c2nnc(CC)o2)CC1. The average molecular weight is 210 g/mol. The Labute approximate surface area is 87.8 Å². The average Bonchev–Trinajstić information content (AvgIpc) is 2.91. The van der Waals surface area contributed by atoms with E-state index in [2.05, 4.69) is 10.2 Å². The first-order valence-electron chi connectivity index (χ1n) is 5.23. The van der Waals surface area contributed by atoms with Crippen LogP contribution in [0.4, 0.5) is 0 Å². The third-order valence-corrected chi connectivity index (χ3v) is 2.59. The molecule has 1 saturated carbocycles. The summed E-state index contributed by atoms with van der Waals surface area (Å²) >= 11 is 0. The minimum absolute atomic E-state index is 0.240. The number of hydrogen-bond acceptors (Lipinski definition) is 5. The maximum absolute atomic E-state index is 11.7. The molecular weight excluding hydrogens is 196 g/mol. The Morgan fingerprint density at radius 2 is 2.20 bits per heavy atom. The molecule has 0 aromatic carbocycles. The lowest BCUT2D eigenvalue weighted by Crippen LogP contribution is -2.23. The van der Waals surface area contributed by atoms with Gasteiger partial charge in [0.2, 0.25) is 11.8 Å². The number of carbonyl (C=O) groups excluding carboxylic acids is 1. The molecule has 2 rings (SSSR count). The van der Waals surface area contributed by atoms with E-state index in [9.17, 15) is 4.79 Å². The van der Waals surface area contributed by atoms with Crippen molar-refractivity contribution in [3.05, 3.63) is 11.8 Å². The summed E-state index contributed by atoms with van der Waals surface area (Å²) in [5.41, 5.74) is -0.629. The van der Waals surface area contributed by atoms with Gasteiger partial charge in [0.05, 0.1) is 6.61 Å². The molecule has 1 aliphatic rings. The predicted octanol–water partition coefficient (Wildman–Crippen LogP) is 1.23. The number of carbonyl (C=O) groups is 1. The van der Waals surface area contributed by atoms with Crippen molar-refractivity contribution in [1.82, 2.24) is 10.2 Å². The Morgan fingerprint density at radius 3 is 2.67 bits per heavy atom. The van der Waals surface area contributed by atoms with E-state index in [1.165, 1.54) is 0 Å². The van der Waals surface area contributed by atoms with Gasteiger partial charge in [0.25, 0.3) is 0 Å². The van der Waals surface area contributed by atoms with Crippen LogP contribution in [0.25, 0.3) is 0 Å². The maximum Gasteiger partial charge on any atom is 0.321 e. The summed E-state index contributed by atoms with van der Waals surface area (Å²) in [6, 6.07) is 0. The monoisotopic (exact) mass is 210 g/mol. The van der Waals surface area contributed by atoms with Crippen LogP contribution in [0.3, 0.4) is 0 Å². The lowest BCUT2D eigenvalue weighted by molar-refractivity contribution is -0.146. The Kier molecular flexibility index (Phi) is 2.46. The molecule has 0 spiro atoms. The minimum atomic E-state index is -0.629. The van der Waals surface area contributed by atoms with Gasteiger partial charge >= 0.3 is 5.97 Å². The number of ether oxygens (including phenoxy) is 1. The summed E-state index contributed by atoms with van der Waals surface area (Å²) in [5.74, 6) is 0.745. The fourth-order valence-electron chi connectivity index (χ4n) is 1.49. The van der Waals surface area contributed by atoms with Gasteiger partial charge < -0.3 is 9.15 Å². The van der Waals surface area contributed by atoms with E-state index in [-0.39, 0.29) is 5.97 Å². The zero-order valence-electron chi connectivity index (χ0n) is 8.95. The van der Waals surface area contributed by atoms with Crippen LogP contribution in [-0.4, -0.2) is 22.8 Å². The third-order valence-electron chi connectivity index (χ3n) is 2.59. The highest BCUT2D eigenvalue weighted by atomic mass is 16.5. The summed E-state index contributed by atoms with van der Waals surface area (Å²) in [7, 11) is 0. The molecule has 15 heavy (non-hydrogen) atoms. The van der Waals surface area contributed by atoms with Crippen LogP contribution in [0.5, 0.6) is 0 Å². The summed E-state index contributed by atoms with van der Waals surface area (Å²) in [6.45, 7) is 4.11. The number of aryl methyl sites for hydroxylation is 1. The Balaban J connectivity index is 2.18. The number of esters is 1. The fourth-order valence-corrected chi connectivity index (χ4v) is 1.49. The number of hydrogen-bond donors (Lipinski definition) is 0. The molecule has 0 saturated heterocycles. The largest absolute Gasteiger partial charge is 0.465 e. The Hall–Kier alpha value is -1.39. The van der Waals surface area contributed by atoms with Crippen molar-refractivity contribution < 1.29 is 13.9 Å². The van der Waals surface area contributed by atoms with Crippen LogP contribution in [0, 0.1) is 0 Å². The molecule has 82 valence electrons. The van der Waals surface area contributed by atoms with Crippen molar-refractivity contribution in [3.63, 3.8) is 0 Å². The quantitative estimate of drug-likeness (QED) is 0.699. The molecule has 1 aliphatic carbocycles. The maximum atomic E-state index is 11.7. The second-order valence-corrected chi connectivity index (χ2v) is 3.66. The van der Waals surface area contributed by atoms with E-state index in [1.54, 1.807) is 6.92 Å². The van der Waals surface area contributed by atoms with E-state index in [4.69, 9.17) is 9.15 Å². The van der Waals surface area contributed by atoms with Crippen LogP contribution >= 0.6 is 0 Å². The van der Waals surface area contributed by atoms with Crippen molar-refractivity contribution in [2.24, 2.45) is 0 Å². The van der Waals surface area contributed by atoms with Gasteiger partial charge in [0, 0.05) is 6.42 Å². The normalized spacial score (nSPS) is 17.5. The van der Waals surface area contributed by atoms with E-state index >= 15 is 0 Å². The number of aromatic nitrogens is 2. The minimum Gasteiger partial charge on any atom is -0.465 e. The van der Waals surface area contributed by atoms with Gasteiger partial charge in [-0.2, -0.15) is 0 Å². The Morgan fingerprint density at radius 1 is 1.47 bits per heavy atom. The van der Waals surface area contributed by atoms with Crippen LogP contribution in [0.1, 0.15) is 38.5 Å². The van der Waals surface area contributed by atoms with E-state index in [0.29, 0.717) is 24.8 Å². The predicted molar refractivity (Wildman–Crippen MR) is 51.2 cm³/mol. The molecule has 5 heteroatoms. The highest BCUT2D eigenvalue weighted by Crippen LogP contribution is 2.48. The molecule has 1 heterocycles. The first kappa shape index (κ1) is 10.1. The van der Waals surface area contributed by atoms with E-state index in [0.717, 1.165) is 12.8 Å². The third kappa shape index (κ3) is 1.62. The lowest BCUT2D eigenvalue weighted by Gasteiger charge is -2.08. The molecule has 1 aromatic heterocycles. The summed E-state index contributed by atoms with van der Waals surface area (Å²) in [6.07, 6.45) is 2.18. The molecular formula is C10H14N2O3. The second-order valence-electron chi connectivity index (χ2n) is 3.66. The standard InChI is InChI=1S/C10H14N2O3/c1-3-7-11-12-8(15-7)10(5-6-10)9(13)14-4-2/h3-6H2,1-2H3. The van der Waals surface area contributed by atoms with Crippen LogP contribution in [0.15, 0.2) is 4.42 Å². The van der Waals surface area contributed by atoms with Crippen LogP contribution < -0.4 is 0 Å². The van der Waals surface area contributed by atoms with Crippen molar-refractivity contribution in [1.29, 1.82) is 0 Å². The molecule has 1 fully saturated rings. The summed E-state index contributed by atoms with van der Waals surface area (Å²) in [5, 5.41) is 7.77. The molecule has 0 amide bonds.